The first-order valence-corrected chi connectivity index (χ1v) is 7.27. The van der Waals surface area contributed by atoms with E-state index in [9.17, 15) is 9.50 Å². The molecule has 2 heterocycles. The lowest BCUT2D eigenvalue weighted by Crippen LogP contribution is -2.49. The highest BCUT2D eigenvalue weighted by Gasteiger charge is 2.31. The fraction of sp³-hybridized carbons (Fsp3) is 0.562. The Morgan fingerprint density at radius 2 is 2.30 bits per heavy atom. The molecule has 0 radical (unpaired) electrons. The second-order valence-corrected chi connectivity index (χ2v) is 5.62. The van der Waals surface area contributed by atoms with Crippen LogP contribution in [-0.4, -0.2) is 22.2 Å². The van der Waals surface area contributed by atoms with Gasteiger partial charge in [0.15, 0.2) is 0 Å². The SMILES string of the molecule is C/C=C\CC1N[C@@H]([C@H](O)c2cncc(F)c2)CC[C@@H]1C. The molecule has 110 valence electrons. The molecule has 1 saturated heterocycles. The zero-order chi connectivity index (χ0) is 14.5. The molecule has 1 fully saturated rings. The van der Waals surface area contributed by atoms with Gasteiger partial charge in [-0.05, 0) is 38.2 Å². The second-order valence-electron chi connectivity index (χ2n) is 5.62. The summed E-state index contributed by atoms with van der Waals surface area (Å²) in [6, 6.07) is 1.68. The lowest BCUT2D eigenvalue weighted by molar-refractivity contribution is 0.0871. The number of nitrogens with one attached hydrogen (secondary N) is 1. The fourth-order valence-electron chi connectivity index (χ4n) is 2.82. The Kier molecular flexibility index (Phi) is 5.26. The van der Waals surface area contributed by atoms with Crippen molar-refractivity contribution in [2.24, 2.45) is 5.92 Å². The lowest BCUT2D eigenvalue weighted by Gasteiger charge is -2.37. The summed E-state index contributed by atoms with van der Waals surface area (Å²) in [6.07, 6.45) is 9.10. The van der Waals surface area contributed by atoms with E-state index in [1.54, 1.807) is 0 Å². The number of piperidine rings is 1. The first kappa shape index (κ1) is 15.1. The van der Waals surface area contributed by atoms with E-state index >= 15 is 0 Å². The number of aliphatic hydroxyl groups excluding tert-OH is 1. The van der Waals surface area contributed by atoms with Gasteiger partial charge < -0.3 is 10.4 Å². The van der Waals surface area contributed by atoms with Crippen molar-refractivity contribution in [3.05, 3.63) is 42.0 Å². The van der Waals surface area contributed by atoms with Crippen LogP contribution in [0.1, 0.15) is 44.8 Å². The van der Waals surface area contributed by atoms with Crippen LogP contribution in [0.3, 0.4) is 0 Å². The molecule has 0 amide bonds. The van der Waals surface area contributed by atoms with Crippen LogP contribution in [0.2, 0.25) is 0 Å². The molecule has 3 nitrogen and oxygen atoms in total. The topological polar surface area (TPSA) is 45.1 Å². The number of allylic oxidation sites excluding steroid dienone is 1. The summed E-state index contributed by atoms with van der Waals surface area (Å²) in [4.78, 5) is 3.81. The van der Waals surface area contributed by atoms with Crippen molar-refractivity contribution in [1.29, 1.82) is 0 Å². The standard InChI is InChI=1S/C16H23FN2O/c1-3-4-5-14-11(2)6-7-15(19-14)16(20)12-8-13(17)10-18-9-12/h3-4,8-11,14-16,19-20H,5-7H2,1-2H3/b4-3-/t11-,14?,15+,16+/m0/s1. The average molecular weight is 278 g/mol. The van der Waals surface area contributed by atoms with Gasteiger partial charge >= 0.3 is 0 Å². The summed E-state index contributed by atoms with van der Waals surface area (Å²) in [6.45, 7) is 4.24. The normalized spacial score (nSPS) is 28.7. The van der Waals surface area contributed by atoms with Crippen molar-refractivity contribution in [3.63, 3.8) is 0 Å². The van der Waals surface area contributed by atoms with E-state index < -0.39 is 11.9 Å². The maximum atomic E-state index is 13.2. The number of rotatable bonds is 4. The third-order valence-corrected chi connectivity index (χ3v) is 4.12. The van der Waals surface area contributed by atoms with Gasteiger partial charge in [0.25, 0.3) is 0 Å². The van der Waals surface area contributed by atoms with Gasteiger partial charge in [0, 0.05) is 23.8 Å². The van der Waals surface area contributed by atoms with Gasteiger partial charge in [0.05, 0.1) is 12.3 Å². The van der Waals surface area contributed by atoms with Crippen molar-refractivity contribution >= 4 is 0 Å². The van der Waals surface area contributed by atoms with Crippen molar-refractivity contribution in [1.82, 2.24) is 10.3 Å². The van der Waals surface area contributed by atoms with Gasteiger partial charge in [-0.1, -0.05) is 19.1 Å². The molecule has 1 aromatic rings. The summed E-state index contributed by atoms with van der Waals surface area (Å²) < 4.78 is 13.2. The number of hydrogen-bond acceptors (Lipinski definition) is 3. The zero-order valence-electron chi connectivity index (χ0n) is 12.1. The number of nitrogens with zero attached hydrogens (tertiary/aromatic N) is 1. The Hall–Kier alpha value is -1.26. The van der Waals surface area contributed by atoms with Crippen molar-refractivity contribution in [3.8, 4) is 0 Å². The Morgan fingerprint density at radius 3 is 3.00 bits per heavy atom. The third kappa shape index (κ3) is 3.64. The fourth-order valence-corrected chi connectivity index (χ4v) is 2.82. The van der Waals surface area contributed by atoms with Gasteiger partial charge in [-0.25, -0.2) is 4.39 Å². The van der Waals surface area contributed by atoms with Crippen LogP contribution in [0.4, 0.5) is 4.39 Å². The number of pyridine rings is 1. The van der Waals surface area contributed by atoms with E-state index in [2.05, 4.69) is 23.3 Å². The maximum Gasteiger partial charge on any atom is 0.141 e. The van der Waals surface area contributed by atoms with Crippen LogP contribution in [-0.2, 0) is 0 Å². The Morgan fingerprint density at radius 1 is 1.50 bits per heavy atom. The van der Waals surface area contributed by atoms with E-state index in [0.717, 1.165) is 25.5 Å². The number of hydrogen-bond donors (Lipinski definition) is 2. The Labute approximate surface area is 119 Å². The van der Waals surface area contributed by atoms with Gasteiger partial charge in [-0.15, -0.1) is 0 Å². The molecule has 4 heteroatoms. The molecule has 2 N–H and O–H groups in total. The predicted octanol–water partition coefficient (Wildman–Crippen LogP) is 2.98. The largest absolute Gasteiger partial charge is 0.387 e. The number of aliphatic hydroxyl groups is 1. The first-order chi connectivity index (χ1) is 9.61. The van der Waals surface area contributed by atoms with E-state index in [-0.39, 0.29) is 6.04 Å². The predicted molar refractivity (Wildman–Crippen MR) is 77.7 cm³/mol. The van der Waals surface area contributed by atoms with Gasteiger partial charge in [-0.2, -0.15) is 0 Å². The molecule has 0 bridgehead atoms. The minimum atomic E-state index is -0.709. The third-order valence-electron chi connectivity index (χ3n) is 4.12. The smallest absolute Gasteiger partial charge is 0.141 e. The quantitative estimate of drug-likeness (QED) is 0.832. The molecule has 1 unspecified atom stereocenters. The molecule has 0 saturated carbocycles. The molecule has 1 aliphatic rings. The molecule has 0 spiro atoms. The van der Waals surface area contributed by atoms with E-state index in [1.165, 1.54) is 12.3 Å². The maximum absolute atomic E-state index is 13.2. The van der Waals surface area contributed by atoms with Crippen molar-refractivity contribution in [2.75, 3.05) is 0 Å². The van der Waals surface area contributed by atoms with E-state index in [0.29, 0.717) is 17.5 Å². The molecule has 20 heavy (non-hydrogen) atoms. The highest BCUT2D eigenvalue weighted by Crippen LogP contribution is 2.28. The zero-order valence-corrected chi connectivity index (χ0v) is 12.1. The molecule has 2 rings (SSSR count). The molecule has 1 aromatic heterocycles. The number of halogens is 1. The summed E-state index contributed by atoms with van der Waals surface area (Å²) >= 11 is 0. The van der Waals surface area contributed by atoms with E-state index in [4.69, 9.17) is 0 Å². The average Bonchev–Trinajstić information content (AvgIpc) is 2.45. The number of aromatic nitrogens is 1. The van der Waals surface area contributed by atoms with Crippen molar-refractivity contribution < 1.29 is 9.50 Å². The molecule has 0 aromatic carbocycles. The molecule has 4 atom stereocenters. The minimum absolute atomic E-state index is 0.0370. The van der Waals surface area contributed by atoms with E-state index in [1.807, 2.05) is 13.0 Å². The Balaban J connectivity index is 2.04. The summed E-state index contributed by atoms with van der Waals surface area (Å²) in [7, 11) is 0. The van der Waals surface area contributed by atoms with Crippen LogP contribution in [0, 0.1) is 11.7 Å². The van der Waals surface area contributed by atoms with Crippen LogP contribution in [0.25, 0.3) is 0 Å². The molecule has 0 aliphatic carbocycles. The molecule has 1 aliphatic heterocycles. The van der Waals surface area contributed by atoms with Gasteiger partial charge in [0.2, 0.25) is 0 Å². The van der Waals surface area contributed by atoms with Crippen LogP contribution in [0.15, 0.2) is 30.6 Å². The Bertz CT molecular complexity index is 464. The monoisotopic (exact) mass is 278 g/mol. The summed E-state index contributed by atoms with van der Waals surface area (Å²) in [5, 5.41) is 13.9. The molecular formula is C16H23FN2O. The van der Waals surface area contributed by atoms with Crippen LogP contribution in [0.5, 0.6) is 0 Å². The lowest BCUT2D eigenvalue weighted by atomic mass is 9.84. The van der Waals surface area contributed by atoms with Gasteiger partial charge in [0.1, 0.15) is 5.82 Å². The van der Waals surface area contributed by atoms with Crippen LogP contribution < -0.4 is 5.32 Å². The highest BCUT2D eigenvalue weighted by molar-refractivity contribution is 5.16. The molecular weight excluding hydrogens is 255 g/mol. The van der Waals surface area contributed by atoms with Gasteiger partial charge in [-0.3, -0.25) is 4.98 Å². The highest BCUT2D eigenvalue weighted by atomic mass is 19.1. The van der Waals surface area contributed by atoms with Crippen LogP contribution >= 0.6 is 0 Å². The summed E-state index contributed by atoms with van der Waals surface area (Å²) in [5.74, 6) is 0.177. The second kappa shape index (κ2) is 6.95. The minimum Gasteiger partial charge on any atom is -0.387 e. The van der Waals surface area contributed by atoms with Crippen molar-refractivity contribution in [2.45, 2.75) is 51.3 Å². The first-order valence-electron chi connectivity index (χ1n) is 7.27. The summed E-state index contributed by atoms with van der Waals surface area (Å²) in [5.41, 5.74) is 0.543.